The molecule has 0 spiro atoms. The summed E-state index contributed by atoms with van der Waals surface area (Å²) >= 11 is 0. The van der Waals surface area contributed by atoms with Crippen molar-refractivity contribution in [3.8, 4) is 0 Å². The maximum atomic E-state index is 5.74. The molecular weight excluding hydrogens is 417 g/mol. The molecule has 0 bridgehead atoms. The zero-order valence-corrected chi connectivity index (χ0v) is 17.0. The normalized spacial score (nSPS) is 17.4. The number of benzene rings is 1. The van der Waals surface area contributed by atoms with Crippen LogP contribution in [0.1, 0.15) is 24.0 Å². The van der Waals surface area contributed by atoms with Crippen LogP contribution in [0.25, 0.3) is 0 Å². The molecule has 1 fully saturated rings. The minimum Gasteiger partial charge on any atom is -0.379 e. The molecule has 1 aromatic carbocycles. The molecule has 24 heavy (non-hydrogen) atoms. The molecule has 2 rings (SSSR count). The van der Waals surface area contributed by atoms with Gasteiger partial charge in [-0.3, -0.25) is 4.99 Å². The van der Waals surface area contributed by atoms with Gasteiger partial charge >= 0.3 is 0 Å². The van der Waals surface area contributed by atoms with Gasteiger partial charge in [-0.1, -0.05) is 29.8 Å². The molecule has 1 atom stereocenters. The molecule has 1 aromatic rings. The lowest BCUT2D eigenvalue weighted by molar-refractivity contribution is 0.0420. The highest BCUT2D eigenvalue weighted by molar-refractivity contribution is 14.0. The molecule has 136 valence electrons. The molecule has 0 aromatic heterocycles. The topological polar surface area (TPSA) is 54.9 Å². The molecule has 0 aliphatic carbocycles. The molecule has 5 nitrogen and oxygen atoms in total. The van der Waals surface area contributed by atoms with E-state index in [4.69, 9.17) is 9.47 Å². The Morgan fingerprint density at radius 3 is 2.67 bits per heavy atom. The van der Waals surface area contributed by atoms with E-state index in [0.29, 0.717) is 6.10 Å². The highest BCUT2D eigenvalue weighted by atomic mass is 127. The summed E-state index contributed by atoms with van der Waals surface area (Å²) in [5, 5.41) is 6.66. The highest BCUT2D eigenvalue weighted by Gasteiger charge is 2.15. The molecule has 1 unspecified atom stereocenters. The summed E-state index contributed by atoms with van der Waals surface area (Å²) in [5.74, 6) is 0.848. The fraction of sp³-hybridized carbons (Fsp3) is 0.611. The van der Waals surface area contributed by atoms with Crippen LogP contribution in [0.15, 0.2) is 29.3 Å². The number of halogens is 1. The van der Waals surface area contributed by atoms with Crippen molar-refractivity contribution in [2.75, 3.05) is 40.0 Å². The summed E-state index contributed by atoms with van der Waals surface area (Å²) in [5.41, 5.74) is 2.64. The predicted molar refractivity (Wildman–Crippen MR) is 109 cm³/mol. The first-order valence-electron chi connectivity index (χ1n) is 8.47. The lowest BCUT2D eigenvalue weighted by atomic mass is 10.1. The van der Waals surface area contributed by atoms with Gasteiger partial charge in [0, 0.05) is 33.4 Å². The second-order valence-corrected chi connectivity index (χ2v) is 5.87. The molecule has 1 saturated heterocycles. The van der Waals surface area contributed by atoms with Gasteiger partial charge in [0.15, 0.2) is 5.96 Å². The Kier molecular flexibility index (Phi) is 11.0. The maximum Gasteiger partial charge on any atom is 0.190 e. The third-order valence-electron chi connectivity index (χ3n) is 3.91. The van der Waals surface area contributed by atoms with Gasteiger partial charge in [-0.2, -0.15) is 0 Å². The van der Waals surface area contributed by atoms with E-state index in [1.165, 1.54) is 11.1 Å². The van der Waals surface area contributed by atoms with Crippen molar-refractivity contribution < 1.29 is 9.47 Å². The van der Waals surface area contributed by atoms with Gasteiger partial charge in [0.05, 0.1) is 12.7 Å². The quantitative estimate of drug-likeness (QED) is 0.278. The lowest BCUT2D eigenvalue weighted by Gasteiger charge is -2.13. The Morgan fingerprint density at radius 2 is 2.00 bits per heavy atom. The van der Waals surface area contributed by atoms with Gasteiger partial charge in [-0.25, -0.2) is 0 Å². The van der Waals surface area contributed by atoms with E-state index in [2.05, 4.69) is 46.8 Å². The van der Waals surface area contributed by atoms with Crippen LogP contribution >= 0.6 is 24.0 Å². The van der Waals surface area contributed by atoms with E-state index in [1.807, 2.05) is 0 Å². The first-order chi connectivity index (χ1) is 11.3. The SMILES string of the molecule is CN=C(NCCCOC1CCOC1)NCCc1ccc(C)cc1.I. The van der Waals surface area contributed by atoms with Gasteiger partial charge in [0.2, 0.25) is 0 Å². The fourth-order valence-electron chi connectivity index (χ4n) is 2.47. The molecule has 0 amide bonds. The Balaban J connectivity index is 0.00000288. The lowest BCUT2D eigenvalue weighted by Crippen LogP contribution is -2.39. The first kappa shape index (κ1) is 21.2. The van der Waals surface area contributed by atoms with Crippen molar-refractivity contribution in [3.63, 3.8) is 0 Å². The number of hydrogen-bond donors (Lipinski definition) is 2. The van der Waals surface area contributed by atoms with Crippen molar-refractivity contribution in [2.45, 2.75) is 32.3 Å². The molecule has 6 heteroatoms. The van der Waals surface area contributed by atoms with Crippen LogP contribution in [-0.2, 0) is 15.9 Å². The minimum atomic E-state index is 0. The van der Waals surface area contributed by atoms with E-state index in [1.54, 1.807) is 7.05 Å². The minimum absolute atomic E-state index is 0. The van der Waals surface area contributed by atoms with Crippen LogP contribution in [-0.4, -0.2) is 52.0 Å². The highest BCUT2D eigenvalue weighted by Crippen LogP contribution is 2.07. The number of ether oxygens (including phenoxy) is 2. The summed E-state index contributed by atoms with van der Waals surface area (Å²) < 4.78 is 11.0. The van der Waals surface area contributed by atoms with E-state index in [9.17, 15) is 0 Å². The number of nitrogens with one attached hydrogen (secondary N) is 2. The first-order valence-corrected chi connectivity index (χ1v) is 8.47. The van der Waals surface area contributed by atoms with Crippen molar-refractivity contribution >= 4 is 29.9 Å². The predicted octanol–water partition coefficient (Wildman–Crippen LogP) is 2.52. The van der Waals surface area contributed by atoms with Gasteiger partial charge in [-0.05, 0) is 31.7 Å². The van der Waals surface area contributed by atoms with Crippen LogP contribution in [0.5, 0.6) is 0 Å². The smallest absolute Gasteiger partial charge is 0.190 e. The fourth-order valence-corrected chi connectivity index (χ4v) is 2.47. The van der Waals surface area contributed by atoms with E-state index >= 15 is 0 Å². The van der Waals surface area contributed by atoms with Gasteiger partial charge < -0.3 is 20.1 Å². The van der Waals surface area contributed by atoms with E-state index in [-0.39, 0.29) is 24.0 Å². The number of hydrogen-bond acceptors (Lipinski definition) is 3. The summed E-state index contributed by atoms with van der Waals surface area (Å²) in [7, 11) is 1.80. The number of aryl methyl sites for hydroxylation is 1. The third-order valence-corrected chi connectivity index (χ3v) is 3.91. The Labute approximate surface area is 162 Å². The molecule has 1 aliphatic rings. The Bertz CT molecular complexity index is 474. The summed E-state index contributed by atoms with van der Waals surface area (Å²) in [6.07, 6.45) is 3.28. The summed E-state index contributed by atoms with van der Waals surface area (Å²) in [6, 6.07) is 8.66. The molecule has 2 N–H and O–H groups in total. The van der Waals surface area contributed by atoms with E-state index < -0.39 is 0 Å². The van der Waals surface area contributed by atoms with Gasteiger partial charge in [-0.15, -0.1) is 24.0 Å². The van der Waals surface area contributed by atoms with Crippen LogP contribution in [0.3, 0.4) is 0 Å². The summed E-state index contributed by atoms with van der Waals surface area (Å²) in [4.78, 5) is 4.24. The number of nitrogens with zero attached hydrogens (tertiary/aromatic N) is 1. The molecule has 1 aliphatic heterocycles. The standard InChI is InChI=1S/C18H29N3O2.HI/c1-15-4-6-16(7-5-15)8-11-21-18(19-2)20-10-3-12-23-17-9-13-22-14-17;/h4-7,17H,3,8-14H2,1-2H3,(H2,19,20,21);1H. The average Bonchev–Trinajstić information content (AvgIpc) is 3.08. The Hall–Kier alpha value is -0.860. The molecule has 1 heterocycles. The van der Waals surface area contributed by atoms with Crippen molar-refractivity contribution in [1.82, 2.24) is 10.6 Å². The zero-order chi connectivity index (χ0) is 16.3. The monoisotopic (exact) mass is 447 g/mol. The number of aliphatic imine (C=N–C) groups is 1. The number of guanidine groups is 1. The Morgan fingerprint density at radius 1 is 1.25 bits per heavy atom. The van der Waals surface area contributed by atoms with Gasteiger partial charge in [0.25, 0.3) is 0 Å². The third kappa shape index (κ3) is 8.30. The molecule has 0 saturated carbocycles. The maximum absolute atomic E-state index is 5.74. The largest absolute Gasteiger partial charge is 0.379 e. The van der Waals surface area contributed by atoms with Gasteiger partial charge in [0.1, 0.15) is 0 Å². The second kappa shape index (κ2) is 12.5. The van der Waals surface area contributed by atoms with Crippen LogP contribution in [0, 0.1) is 6.92 Å². The second-order valence-electron chi connectivity index (χ2n) is 5.87. The van der Waals surface area contributed by atoms with Crippen molar-refractivity contribution in [2.24, 2.45) is 4.99 Å². The van der Waals surface area contributed by atoms with Crippen molar-refractivity contribution in [3.05, 3.63) is 35.4 Å². The average molecular weight is 447 g/mol. The summed E-state index contributed by atoms with van der Waals surface area (Å²) in [6.45, 7) is 6.19. The van der Waals surface area contributed by atoms with E-state index in [0.717, 1.165) is 58.1 Å². The van der Waals surface area contributed by atoms with Crippen LogP contribution in [0.2, 0.25) is 0 Å². The molecule has 0 radical (unpaired) electrons. The number of rotatable bonds is 8. The zero-order valence-electron chi connectivity index (χ0n) is 14.7. The molecular formula is C18H30IN3O2. The van der Waals surface area contributed by atoms with Crippen LogP contribution in [0.4, 0.5) is 0 Å². The van der Waals surface area contributed by atoms with Crippen molar-refractivity contribution in [1.29, 1.82) is 0 Å². The van der Waals surface area contributed by atoms with Crippen LogP contribution < -0.4 is 10.6 Å².